The van der Waals surface area contributed by atoms with Gasteiger partial charge < -0.3 is 15.4 Å². The molecule has 1 aromatic heterocycles. The highest BCUT2D eigenvalue weighted by molar-refractivity contribution is 5.93. The minimum absolute atomic E-state index is 0.0646. The van der Waals surface area contributed by atoms with Crippen LogP contribution in [0.4, 0.5) is 10.1 Å². The average molecular weight is 358 g/mol. The number of rotatable bonds is 5. The minimum Gasteiger partial charge on any atom is -0.487 e. The molecule has 1 saturated carbocycles. The molecule has 2 N–H and O–H groups in total. The third-order valence-electron chi connectivity index (χ3n) is 5.25. The van der Waals surface area contributed by atoms with Crippen LogP contribution >= 0.6 is 0 Å². The van der Waals surface area contributed by atoms with E-state index in [1.807, 2.05) is 13.2 Å². The van der Waals surface area contributed by atoms with Crippen molar-refractivity contribution in [2.45, 2.75) is 31.3 Å². The first-order valence-corrected chi connectivity index (χ1v) is 9.06. The van der Waals surface area contributed by atoms with Gasteiger partial charge in [-0.05, 0) is 37.0 Å². The molecule has 2 aliphatic rings. The molecule has 0 bridgehead atoms. The van der Waals surface area contributed by atoms with Gasteiger partial charge in [0.05, 0.1) is 18.2 Å². The van der Waals surface area contributed by atoms with Gasteiger partial charge in [0.15, 0.2) is 11.6 Å². The van der Waals surface area contributed by atoms with Gasteiger partial charge in [0.1, 0.15) is 0 Å². The number of ether oxygens (including phenoxy) is 1. The molecular weight excluding hydrogens is 335 g/mol. The number of anilines is 1. The van der Waals surface area contributed by atoms with Crippen molar-refractivity contribution in [2.75, 3.05) is 18.4 Å². The molecule has 2 aromatic rings. The van der Waals surface area contributed by atoms with Gasteiger partial charge in [-0.1, -0.05) is 0 Å². The van der Waals surface area contributed by atoms with E-state index in [-0.39, 0.29) is 29.6 Å². The highest BCUT2D eigenvalue weighted by Gasteiger charge is 2.34. The minimum atomic E-state index is -0.442. The van der Waals surface area contributed by atoms with E-state index in [1.165, 1.54) is 6.07 Å². The largest absolute Gasteiger partial charge is 0.487 e. The fourth-order valence-corrected chi connectivity index (χ4v) is 3.51. The normalized spacial score (nSPS) is 22.8. The zero-order valence-electron chi connectivity index (χ0n) is 14.7. The Labute approximate surface area is 151 Å². The molecule has 1 aliphatic heterocycles. The van der Waals surface area contributed by atoms with Crippen LogP contribution in [0.2, 0.25) is 0 Å². The summed E-state index contributed by atoms with van der Waals surface area (Å²) in [6.45, 7) is 1.32. The zero-order chi connectivity index (χ0) is 18.1. The van der Waals surface area contributed by atoms with Crippen LogP contribution in [0.1, 0.15) is 30.7 Å². The Bertz CT molecular complexity index is 803. The maximum absolute atomic E-state index is 14.2. The number of carbonyl (C=O) groups excluding carboxylic acids is 1. The summed E-state index contributed by atoms with van der Waals surface area (Å²) in [6.07, 6.45) is 6.93. The number of carbonyl (C=O) groups is 1. The number of benzene rings is 1. The lowest BCUT2D eigenvalue weighted by Crippen LogP contribution is -2.28. The molecule has 0 unspecified atom stereocenters. The van der Waals surface area contributed by atoms with Crippen LogP contribution < -0.4 is 15.4 Å². The van der Waals surface area contributed by atoms with E-state index in [4.69, 9.17) is 4.74 Å². The molecule has 138 valence electrons. The molecular formula is C19H23FN4O2. The van der Waals surface area contributed by atoms with E-state index >= 15 is 0 Å². The van der Waals surface area contributed by atoms with Crippen LogP contribution in [-0.2, 0) is 11.8 Å². The van der Waals surface area contributed by atoms with Gasteiger partial charge in [-0.15, -0.1) is 0 Å². The average Bonchev–Trinajstić information content (AvgIpc) is 3.21. The lowest BCUT2D eigenvalue weighted by atomic mass is 9.90. The lowest BCUT2D eigenvalue weighted by molar-refractivity contribution is -0.119. The molecule has 26 heavy (non-hydrogen) atoms. The fraction of sp³-hybridized carbons (Fsp3) is 0.474. The van der Waals surface area contributed by atoms with Gasteiger partial charge in [0, 0.05) is 44.0 Å². The molecule has 2 fully saturated rings. The van der Waals surface area contributed by atoms with E-state index in [1.54, 1.807) is 23.0 Å². The van der Waals surface area contributed by atoms with Crippen LogP contribution in [0.5, 0.6) is 5.75 Å². The SMILES string of the molecule is Cn1cc([C@H]2CNC[C@@H]2C(=O)Nc2ccc(OC3CCC3)c(F)c2)cn1. The Morgan fingerprint density at radius 3 is 2.88 bits per heavy atom. The summed E-state index contributed by atoms with van der Waals surface area (Å²) in [5, 5.41) is 10.3. The van der Waals surface area contributed by atoms with Gasteiger partial charge in [0.2, 0.25) is 5.91 Å². The topological polar surface area (TPSA) is 68.2 Å². The first-order valence-electron chi connectivity index (χ1n) is 9.06. The van der Waals surface area contributed by atoms with Gasteiger partial charge in [-0.2, -0.15) is 5.10 Å². The molecule has 1 saturated heterocycles. The molecule has 1 amide bonds. The van der Waals surface area contributed by atoms with Crippen LogP contribution in [-0.4, -0.2) is 34.9 Å². The summed E-state index contributed by atoms with van der Waals surface area (Å²) in [5.74, 6) is -0.453. The number of halogens is 1. The van der Waals surface area contributed by atoms with Crippen molar-refractivity contribution in [1.29, 1.82) is 0 Å². The van der Waals surface area contributed by atoms with Crippen LogP contribution in [0.15, 0.2) is 30.6 Å². The summed E-state index contributed by atoms with van der Waals surface area (Å²) < 4.78 is 21.6. The lowest BCUT2D eigenvalue weighted by Gasteiger charge is -2.26. The fourth-order valence-electron chi connectivity index (χ4n) is 3.51. The molecule has 0 spiro atoms. The maximum Gasteiger partial charge on any atom is 0.229 e. The zero-order valence-corrected chi connectivity index (χ0v) is 14.7. The Balaban J connectivity index is 1.43. The Kier molecular flexibility index (Phi) is 4.63. The second kappa shape index (κ2) is 7.07. The van der Waals surface area contributed by atoms with Crippen molar-refractivity contribution in [3.05, 3.63) is 42.0 Å². The van der Waals surface area contributed by atoms with Crippen molar-refractivity contribution in [3.8, 4) is 5.75 Å². The number of aromatic nitrogens is 2. The van der Waals surface area contributed by atoms with Crippen molar-refractivity contribution in [3.63, 3.8) is 0 Å². The number of aryl methyl sites for hydroxylation is 1. The van der Waals surface area contributed by atoms with Crippen LogP contribution in [0.25, 0.3) is 0 Å². The van der Waals surface area contributed by atoms with Gasteiger partial charge >= 0.3 is 0 Å². The van der Waals surface area contributed by atoms with E-state index in [0.29, 0.717) is 12.2 Å². The Morgan fingerprint density at radius 2 is 2.23 bits per heavy atom. The van der Waals surface area contributed by atoms with Crippen molar-refractivity contribution in [1.82, 2.24) is 15.1 Å². The highest BCUT2D eigenvalue weighted by atomic mass is 19.1. The third-order valence-corrected chi connectivity index (χ3v) is 5.25. The molecule has 2 heterocycles. The predicted molar refractivity (Wildman–Crippen MR) is 95.6 cm³/mol. The summed E-state index contributed by atoms with van der Waals surface area (Å²) in [4.78, 5) is 12.7. The molecule has 0 radical (unpaired) electrons. The van der Waals surface area contributed by atoms with Gasteiger partial charge in [-0.3, -0.25) is 9.48 Å². The van der Waals surface area contributed by atoms with E-state index in [0.717, 1.165) is 31.4 Å². The van der Waals surface area contributed by atoms with E-state index in [2.05, 4.69) is 15.7 Å². The monoisotopic (exact) mass is 358 g/mol. The van der Waals surface area contributed by atoms with E-state index in [9.17, 15) is 9.18 Å². The number of nitrogens with zero attached hydrogens (tertiary/aromatic N) is 2. The third kappa shape index (κ3) is 3.44. The summed E-state index contributed by atoms with van der Waals surface area (Å²) in [7, 11) is 1.86. The first-order chi connectivity index (χ1) is 12.6. The summed E-state index contributed by atoms with van der Waals surface area (Å²) in [5.41, 5.74) is 1.48. The summed E-state index contributed by atoms with van der Waals surface area (Å²) >= 11 is 0. The van der Waals surface area contributed by atoms with E-state index < -0.39 is 5.82 Å². The molecule has 1 aliphatic carbocycles. The van der Waals surface area contributed by atoms with Crippen LogP contribution in [0.3, 0.4) is 0 Å². The second-order valence-electron chi connectivity index (χ2n) is 7.12. The van der Waals surface area contributed by atoms with Crippen molar-refractivity contribution >= 4 is 11.6 Å². The quantitative estimate of drug-likeness (QED) is 0.861. The predicted octanol–water partition coefficient (Wildman–Crippen LogP) is 2.43. The maximum atomic E-state index is 14.2. The first kappa shape index (κ1) is 17.0. The standard InChI is InChI=1S/C19H23FN4O2/c1-24-11-12(8-22-24)15-9-21-10-16(15)19(25)23-13-5-6-18(17(20)7-13)26-14-3-2-4-14/h5-8,11,14-16,21H,2-4,9-10H2,1H3,(H,23,25)/t15-,16+/m1/s1. The van der Waals surface area contributed by atoms with Crippen molar-refractivity contribution < 1.29 is 13.9 Å². The second-order valence-corrected chi connectivity index (χ2v) is 7.12. The number of nitrogens with one attached hydrogen (secondary N) is 2. The number of amides is 1. The van der Waals surface area contributed by atoms with Crippen LogP contribution in [0, 0.1) is 11.7 Å². The van der Waals surface area contributed by atoms with Gasteiger partial charge in [0.25, 0.3) is 0 Å². The highest BCUT2D eigenvalue weighted by Crippen LogP contribution is 2.31. The molecule has 4 rings (SSSR count). The Hall–Kier alpha value is -2.41. The number of hydrogen-bond donors (Lipinski definition) is 2. The molecule has 6 nitrogen and oxygen atoms in total. The molecule has 1 aromatic carbocycles. The number of hydrogen-bond acceptors (Lipinski definition) is 4. The summed E-state index contributed by atoms with van der Waals surface area (Å²) in [6, 6.07) is 4.61. The Morgan fingerprint density at radius 1 is 1.38 bits per heavy atom. The smallest absolute Gasteiger partial charge is 0.229 e. The molecule has 7 heteroatoms. The molecule has 2 atom stereocenters. The van der Waals surface area contributed by atoms with Crippen molar-refractivity contribution in [2.24, 2.45) is 13.0 Å². The van der Waals surface area contributed by atoms with Gasteiger partial charge in [-0.25, -0.2) is 4.39 Å².